The number of alkyl halides is 3. The van der Waals surface area contributed by atoms with E-state index < -0.39 is 11.7 Å². The van der Waals surface area contributed by atoms with E-state index in [1.807, 2.05) is 12.1 Å². The van der Waals surface area contributed by atoms with Crippen LogP contribution in [0.2, 0.25) is 0 Å². The van der Waals surface area contributed by atoms with Gasteiger partial charge in [-0.3, -0.25) is 4.98 Å². The van der Waals surface area contributed by atoms with Gasteiger partial charge in [-0.05, 0) is 48.2 Å². The Labute approximate surface area is 170 Å². The number of aromatic nitrogens is 3. The lowest BCUT2D eigenvalue weighted by atomic mass is 10.0. The van der Waals surface area contributed by atoms with E-state index in [9.17, 15) is 13.2 Å². The Morgan fingerprint density at radius 1 is 0.933 bits per heavy atom. The summed E-state index contributed by atoms with van der Waals surface area (Å²) in [5, 5.41) is 4.25. The number of hydrogen-bond acceptors (Lipinski definition) is 4. The molecule has 0 saturated heterocycles. The third-order valence-electron chi connectivity index (χ3n) is 5.47. The second kappa shape index (κ2) is 7.09. The second-order valence-electron chi connectivity index (χ2n) is 7.29. The van der Waals surface area contributed by atoms with E-state index in [2.05, 4.69) is 32.4 Å². The molecule has 5 rings (SSSR count). The van der Waals surface area contributed by atoms with Gasteiger partial charge in [-0.15, -0.1) is 0 Å². The molecule has 1 aliphatic rings. The van der Waals surface area contributed by atoms with E-state index in [0.29, 0.717) is 16.9 Å². The minimum absolute atomic E-state index is 0.107. The molecule has 0 spiro atoms. The largest absolute Gasteiger partial charge is 0.418 e. The molecule has 1 aliphatic carbocycles. The van der Waals surface area contributed by atoms with Gasteiger partial charge < -0.3 is 5.32 Å². The molecule has 2 heterocycles. The molecule has 30 heavy (non-hydrogen) atoms. The Balaban J connectivity index is 1.53. The zero-order valence-corrected chi connectivity index (χ0v) is 15.8. The molecular weight excluding hydrogens is 389 g/mol. The Bertz CT molecular complexity index is 1240. The highest BCUT2D eigenvalue weighted by Gasteiger charge is 2.34. The van der Waals surface area contributed by atoms with Gasteiger partial charge in [-0.1, -0.05) is 30.3 Å². The van der Waals surface area contributed by atoms with Crippen molar-refractivity contribution in [3.8, 4) is 11.3 Å². The predicted molar refractivity (Wildman–Crippen MR) is 109 cm³/mol. The van der Waals surface area contributed by atoms with Crippen molar-refractivity contribution in [1.82, 2.24) is 15.0 Å². The molecule has 0 fully saturated rings. The normalized spacial score (nSPS) is 15.9. The van der Waals surface area contributed by atoms with Crippen LogP contribution in [0.3, 0.4) is 0 Å². The molecule has 2 aromatic carbocycles. The highest BCUT2D eigenvalue weighted by molar-refractivity contribution is 5.92. The van der Waals surface area contributed by atoms with E-state index in [0.717, 1.165) is 24.3 Å². The molecule has 150 valence electrons. The van der Waals surface area contributed by atoms with Crippen LogP contribution in [0.4, 0.5) is 19.0 Å². The molecule has 7 heteroatoms. The van der Waals surface area contributed by atoms with Gasteiger partial charge in [-0.2, -0.15) is 13.2 Å². The molecule has 2 aromatic heterocycles. The number of benzene rings is 2. The van der Waals surface area contributed by atoms with Crippen LogP contribution in [0.5, 0.6) is 0 Å². The third-order valence-corrected chi connectivity index (χ3v) is 5.47. The molecule has 1 atom stereocenters. The monoisotopic (exact) mass is 406 g/mol. The molecular formula is C23H17F3N4. The Hall–Kier alpha value is -3.48. The summed E-state index contributed by atoms with van der Waals surface area (Å²) in [7, 11) is 0. The molecule has 0 amide bonds. The van der Waals surface area contributed by atoms with Gasteiger partial charge in [0.05, 0.1) is 22.8 Å². The summed E-state index contributed by atoms with van der Waals surface area (Å²) in [5.41, 5.74) is 2.64. The summed E-state index contributed by atoms with van der Waals surface area (Å²) in [4.78, 5) is 12.6. The SMILES string of the molecule is FC(F)(F)c1cccnc1-c1ccc2c(NC3CCc4ccccc43)ncnc2c1. The van der Waals surface area contributed by atoms with Crippen molar-refractivity contribution in [3.05, 3.63) is 83.8 Å². The standard InChI is InChI=1S/C23H17F3N4/c24-23(25,26)18-6-3-11-27-21(18)15-7-9-17-20(12-15)28-13-29-22(17)30-19-10-8-14-4-1-2-5-16(14)19/h1-7,9,11-13,19H,8,10H2,(H,28,29,30). The number of rotatable bonds is 3. The second-order valence-corrected chi connectivity index (χ2v) is 7.29. The van der Waals surface area contributed by atoms with Gasteiger partial charge >= 0.3 is 6.18 Å². The molecule has 0 saturated carbocycles. The van der Waals surface area contributed by atoms with Crippen LogP contribution in [0, 0.1) is 0 Å². The molecule has 4 aromatic rings. The lowest BCUT2D eigenvalue weighted by Gasteiger charge is -2.16. The van der Waals surface area contributed by atoms with E-state index >= 15 is 0 Å². The van der Waals surface area contributed by atoms with Crippen LogP contribution in [-0.4, -0.2) is 15.0 Å². The number of nitrogens with one attached hydrogen (secondary N) is 1. The van der Waals surface area contributed by atoms with Crippen molar-refractivity contribution < 1.29 is 13.2 Å². The summed E-state index contributed by atoms with van der Waals surface area (Å²) in [6, 6.07) is 15.8. The topological polar surface area (TPSA) is 50.7 Å². The lowest BCUT2D eigenvalue weighted by Crippen LogP contribution is -2.09. The number of anilines is 1. The fourth-order valence-corrected chi connectivity index (χ4v) is 4.06. The van der Waals surface area contributed by atoms with Crippen LogP contribution in [0.25, 0.3) is 22.2 Å². The summed E-state index contributed by atoms with van der Waals surface area (Å²) in [5.74, 6) is 0.672. The maximum absolute atomic E-state index is 13.4. The first-order valence-electron chi connectivity index (χ1n) is 9.62. The lowest BCUT2D eigenvalue weighted by molar-refractivity contribution is -0.137. The maximum Gasteiger partial charge on any atom is 0.418 e. The Morgan fingerprint density at radius 2 is 1.80 bits per heavy atom. The first-order valence-corrected chi connectivity index (χ1v) is 9.62. The number of hydrogen-bond donors (Lipinski definition) is 1. The summed E-state index contributed by atoms with van der Waals surface area (Å²) >= 11 is 0. The minimum atomic E-state index is -4.48. The number of halogens is 3. The molecule has 0 bridgehead atoms. The number of fused-ring (bicyclic) bond motifs is 2. The number of aryl methyl sites for hydroxylation is 1. The highest BCUT2D eigenvalue weighted by atomic mass is 19.4. The molecule has 0 aliphatic heterocycles. The van der Waals surface area contributed by atoms with Crippen LogP contribution < -0.4 is 5.32 Å². The molecule has 4 nitrogen and oxygen atoms in total. The molecule has 1 N–H and O–H groups in total. The smallest absolute Gasteiger partial charge is 0.363 e. The van der Waals surface area contributed by atoms with E-state index in [-0.39, 0.29) is 11.7 Å². The highest BCUT2D eigenvalue weighted by Crippen LogP contribution is 2.38. The third kappa shape index (κ3) is 3.26. The van der Waals surface area contributed by atoms with Crippen LogP contribution in [0.15, 0.2) is 67.1 Å². The fourth-order valence-electron chi connectivity index (χ4n) is 4.06. The van der Waals surface area contributed by atoms with E-state index in [4.69, 9.17) is 0 Å². The minimum Gasteiger partial charge on any atom is -0.363 e. The van der Waals surface area contributed by atoms with Crippen molar-refractivity contribution in [2.45, 2.75) is 25.1 Å². The first-order chi connectivity index (χ1) is 14.5. The Morgan fingerprint density at radius 3 is 2.67 bits per heavy atom. The zero-order chi connectivity index (χ0) is 20.7. The summed E-state index contributed by atoms with van der Waals surface area (Å²) < 4.78 is 40.2. The first kappa shape index (κ1) is 18.5. The van der Waals surface area contributed by atoms with Gasteiger partial charge in [0, 0.05) is 17.1 Å². The fraction of sp³-hybridized carbons (Fsp3) is 0.174. The van der Waals surface area contributed by atoms with Crippen LogP contribution >= 0.6 is 0 Å². The van der Waals surface area contributed by atoms with Crippen molar-refractivity contribution >= 4 is 16.7 Å². The average Bonchev–Trinajstić information content (AvgIpc) is 3.16. The summed E-state index contributed by atoms with van der Waals surface area (Å²) in [6.45, 7) is 0. The van der Waals surface area contributed by atoms with Crippen molar-refractivity contribution in [1.29, 1.82) is 0 Å². The van der Waals surface area contributed by atoms with Crippen LogP contribution in [-0.2, 0) is 12.6 Å². The van der Waals surface area contributed by atoms with Crippen molar-refractivity contribution in [2.75, 3.05) is 5.32 Å². The average molecular weight is 406 g/mol. The summed E-state index contributed by atoms with van der Waals surface area (Å²) in [6.07, 6.45) is 0.275. The van der Waals surface area contributed by atoms with E-state index in [1.165, 1.54) is 29.7 Å². The number of pyridine rings is 1. The molecule has 0 radical (unpaired) electrons. The predicted octanol–water partition coefficient (Wildman–Crippen LogP) is 5.81. The van der Waals surface area contributed by atoms with Gasteiger partial charge in [0.15, 0.2) is 0 Å². The molecule has 1 unspecified atom stereocenters. The quantitative estimate of drug-likeness (QED) is 0.466. The van der Waals surface area contributed by atoms with Gasteiger partial charge in [0.2, 0.25) is 0 Å². The Kier molecular flexibility index (Phi) is 4.38. The van der Waals surface area contributed by atoms with Crippen molar-refractivity contribution in [3.63, 3.8) is 0 Å². The van der Waals surface area contributed by atoms with Gasteiger partial charge in [0.25, 0.3) is 0 Å². The number of nitrogens with zero attached hydrogens (tertiary/aromatic N) is 3. The van der Waals surface area contributed by atoms with Crippen LogP contribution in [0.1, 0.15) is 29.2 Å². The van der Waals surface area contributed by atoms with Gasteiger partial charge in [-0.25, -0.2) is 9.97 Å². The maximum atomic E-state index is 13.4. The van der Waals surface area contributed by atoms with Gasteiger partial charge in [0.1, 0.15) is 12.1 Å². The zero-order valence-electron chi connectivity index (χ0n) is 15.8. The van der Waals surface area contributed by atoms with E-state index in [1.54, 1.807) is 18.2 Å². The van der Waals surface area contributed by atoms with Crippen molar-refractivity contribution in [2.24, 2.45) is 0 Å².